The van der Waals surface area contributed by atoms with E-state index in [4.69, 9.17) is 14.2 Å². The second-order valence-electron chi connectivity index (χ2n) is 6.10. The summed E-state index contributed by atoms with van der Waals surface area (Å²) in [7, 11) is 5.08. The molecule has 0 amide bonds. The molecule has 4 heteroatoms. The predicted molar refractivity (Wildman–Crippen MR) is 93.9 cm³/mol. The van der Waals surface area contributed by atoms with Crippen molar-refractivity contribution in [2.24, 2.45) is 0 Å². The van der Waals surface area contributed by atoms with Crippen molar-refractivity contribution in [1.82, 2.24) is 4.90 Å². The normalized spacial score (nSPS) is 17.6. The molecule has 0 aliphatic carbocycles. The number of hydrogen-bond donors (Lipinski definition) is 0. The Labute approximate surface area is 141 Å². The average Bonchev–Trinajstić information content (AvgIpc) is 2.64. The minimum absolute atomic E-state index is 0.255. The zero-order valence-corrected chi connectivity index (χ0v) is 14.2. The summed E-state index contributed by atoms with van der Waals surface area (Å²) in [4.78, 5) is 2.37. The standard InChI is InChI=1S/C20H21NO3/c1-22-15-5-6-16-14(10-15)8-9-21-12-17-13(11-18(16)21)4-7-19(23-2)20(17)24-3/h4-7,10-12,18H,8-9H2,1-3H3. The van der Waals surface area contributed by atoms with Crippen LogP contribution in [0.1, 0.15) is 17.2 Å². The molecule has 1 unspecified atom stereocenters. The fourth-order valence-electron chi connectivity index (χ4n) is 3.69. The van der Waals surface area contributed by atoms with Crippen molar-refractivity contribution in [3.05, 3.63) is 51.9 Å². The van der Waals surface area contributed by atoms with Crippen molar-refractivity contribution >= 4 is 12.3 Å². The van der Waals surface area contributed by atoms with E-state index >= 15 is 0 Å². The molecular formula is C20H21NO3. The highest BCUT2D eigenvalue weighted by Crippen LogP contribution is 2.34. The van der Waals surface area contributed by atoms with Gasteiger partial charge in [0.15, 0.2) is 11.5 Å². The molecule has 0 saturated heterocycles. The zero-order chi connectivity index (χ0) is 16.7. The van der Waals surface area contributed by atoms with Crippen LogP contribution in [0.2, 0.25) is 0 Å². The zero-order valence-electron chi connectivity index (χ0n) is 14.2. The van der Waals surface area contributed by atoms with E-state index in [9.17, 15) is 0 Å². The topological polar surface area (TPSA) is 30.9 Å². The predicted octanol–water partition coefficient (Wildman–Crippen LogP) is 1.84. The van der Waals surface area contributed by atoms with Crippen LogP contribution in [-0.4, -0.2) is 32.8 Å². The molecule has 0 fully saturated rings. The van der Waals surface area contributed by atoms with Crippen LogP contribution in [0, 0.1) is 0 Å². The molecule has 0 spiro atoms. The van der Waals surface area contributed by atoms with E-state index in [-0.39, 0.29) is 6.04 Å². The average molecular weight is 323 g/mol. The van der Waals surface area contributed by atoms with Crippen LogP contribution in [-0.2, 0) is 6.42 Å². The summed E-state index contributed by atoms with van der Waals surface area (Å²) in [5.74, 6) is 2.49. The van der Waals surface area contributed by atoms with E-state index in [1.54, 1.807) is 21.3 Å². The van der Waals surface area contributed by atoms with Crippen molar-refractivity contribution in [2.75, 3.05) is 27.9 Å². The van der Waals surface area contributed by atoms with Gasteiger partial charge in [0.05, 0.1) is 27.4 Å². The van der Waals surface area contributed by atoms with Crippen LogP contribution in [0.3, 0.4) is 0 Å². The summed E-state index contributed by atoms with van der Waals surface area (Å²) in [6.07, 6.45) is 5.52. The van der Waals surface area contributed by atoms with E-state index in [0.717, 1.165) is 35.4 Å². The molecule has 2 aromatic rings. The maximum absolute atomic E-state index is 5.59. The van der Waals surface area contributed by atoms with Gasteiger partial charge in [0, 0.05) is 18.0 Å². The third-order valence-electron chi connectivity index (χ3n) is 4.92. The molecule has 0 radical (unpaired) electrons. The first-order valence-corrected chi connectivity index (χ1v) is 8.12. The molecule has 2 aromatic carbocycles. The van der Waals surface area contributed by atoms with Crippen molar-refractivity contribution in [2.45, 2.75) is 12.5 Å². The molecule has 4 nitrogen and oxygen atoms in total. The Hall–Kier alpha value is -2.62. The summed E-state index contributed by atoms with van der Waals surface area (Å²) in [5, 5.41) is 2.27. The van der Waals surface area contributed by atoms with Crippen molar-refractivity contribution in [3.63, 3.8) is 0 Å². The lowest BCUT2D eigenvalue weighted by Crippen LogP contribution is -2.41. The quantitative estimate of drug-likeness (QED) is 0.862. The number of ether oxygens (including phenoxy) is 3. The van der Waals surface area contributed by atoms with Crippen LogP contribution in [0.15, 0.2) is 30.3 Å². The van der Waals surface area contributed by atoms with Crippen LogP contribution in [0.25, 0.3) is 12.3 Å². The minimum Gasteiger partial charge on any atom is -0.497 e. The van der Waals surface area contributed by atoms with E-state index < -0.39 is 0 Å². The molecule has 0 aromatic heterocycles. The summed E-state index contributed by atoms with van der Waals surface area (Å²) in [6.45, 7) is 0.973. The van der Waals surface area contributed by atoms with Gasteiger partial charge in [-0.15, -0.1) is 0 Å². The Bertz CT molecular complexity index is 904. The van der Waals surface area contributed by atoms with E-state index in [0.29, 0.717) is 0 Å². The number of hydrogen-bond acceptors (Lipinski definition) is 4. The molecule has 0 N–H and O–H groups in total. The molecule has 2 aliphatic heterocycles. The Morgan fingerprint density at radius 1 is 1.00 bits per heavy atom. The summed E-state index contributed by atoms with van der Waals surface area (Å²) in [5.41, 5.74) is 2.71. The van der Waals surface area contributed by atoms with Gasteiger partial charge in [-0.05, 0) is 47.0 Å². The van der Waals surface area contributed by atoms with Crippen molar-refractivity contribution in [3.8, 4) is 17.2 Å². The molecule has 2 heterocycles. The van der Waals surface area contributed by atoms with Gasteiger partial charge < -0.3 is 19.1 Å². The Morgan fingerprint density at radius 3 is 2.62 bits per heavy atom. The number of rotatable bonds is 3. The number of benzene rings is 2. The molecule has 124 valence electrons. The summed E-state index contributed by atoms with van der Waals surface area (Å²) < 4.78 is 16.4. The third-order valence-corrected chi connectivity index (χ3v) is 4.92. The highest BCUT2D eigenvalue weighted by Gasteiger charge is 2.26. The number of nitrogens with zero attached hydrogens (tertiary/aromatic N) is 1. The van der Waals surface area contributed by atoms with E-state index in [1.165, 1.54) is 16.3 Å². The van der Waals surface area contributed by atoms with Gasteiger partial charge in [-0.1, -0.05) is 12.1 Å². The van der Waals surface area contributed by atoms with Gasteiger partial charge in [-0.2, -0.15) is 0 Å². The highest BCUT2D eigenvalue weighted by atomic mass is 16.5. The van der Waals surface area contributed by atoms with Gasteiger partial charge in [-0.3, -0.25) is 0 Å². The molecule has 1 atom stereocenters. The number of methoxy groups -OCH3 is 3. The molecule has 4 rings (SSSR count). The van der Waals surface area contributed by atoms with Crippen LogP contribution in [0.4, 0.5) is 0 Å². The molecule has 24 heavy (non-hydrogen) atoms. The second-order valence-corrected chi connectivity index (χ2v) is 6.10. The smallest absolute Gasteiger partial charge is 0.169 e. The van der Waals surface area contributed by atoms with Crippen molar-refractivity contribution in [1.29, 1.82) is 0 Å². The van der Waals surface area contributed by atoms with Gasteiger partial charge >= 0.3 is 0 Å². The lowest BCUT2D eigenvalue weighted by atomic mass is 9.90. The Kier molecular flexibility index (Phi) is 3.60. The minimum atomic E-state index is 0.255. The van der Waals surface area contributed by atoms with E-state index in [1.807, 2.05) is 12.1 Å². The van der Waals surface area contributed by atoms with Crippen LogP contribution in [0.5, 0.6) is 17.2 Å². The van der Waals surface area contributed by atoms with Gasteiger partial charge in [0.1, 0.15) is 5.75 Å². The lowest BCUT2D eigenvalue weighted by molar-refractivity contribution is 0.336. The molecular weight excluding hydrogens is 302 g/mol. The Morgan fingerprint density at radius 2 is 1.88 bits per heavy atom. The SMILES string of the molecule is COc1ccc2c(c1)CCN1C=c3c(OC)c(OC)ccc3=CC21. The Balaban J connectivity index is 1.87. The first-order valence-electron chi connectivity index (χ1n) is 8.12. The third kappa shape index (κ3) is 2.21. The van der Waals surface area contributed by atoms with E-state index in [2.05, 4.69) is 35.4 Å². The fraction of sp³-hybridized carbons (Fsp3) is 0.300. The molecule has 0 bridgehead atoms. The summed E-state index contributed by atoms with van der Waals surface area (Å²) in [6, 6.07) is 10.7. The van der Waals surface area contributed by atoms with Crippen LogP contribution < -0.4 is 24.6 Å². The molecule has 2 aliphatic rings. The maximum atomic E-state index is 5.59. The largest absolute Gasteiger partial charge is 0.497 e. The lowest BCUT2D eigenvalue weighted by Gasteiger charge is -2.37. The van der Waals surface area contributed by atoms with Gasteiger partial charge in [-0.25, -0.2) is 0 Å². The fourth-order valence-corrected chi connectivity index (χ4v) is 3.69. The second kappa shape index (κ2) is 5.78. The van der Waals surface area contributed by atoms with Crippen molar-refractivity contribution < 1.29 is 14.2 Å². The van der Waals surface area contributed by atoms with Crippen LogP contribution >= 0.6 is 0 Å². The highest BCUT2D eigenvalue weighted by molar-refractivity contribution is 5.56. The first-order chi connectivity index (χ1) is 11.7. The summed E-state index contributed by atoms with van der Waals surface area (Å²) >= 11 is 0. The monoisotopic (exact) mass is 323 g/mol. The maximum Gasteiger partial charge on any atom is 0.169 e. The number of fused-ring (bicyclic) bond motifs is 4. The molecule has 0 saturated carbocycles. The first kappa shape index (κ1) is 14.9. The van der Waals surface area contributed by atoms with Gasteiger partial charge in [0.25, 0.3) is 0 Å². The van der Waals surface area contributed by atoms with Gasteiger partial charge in [0.2, 0.25) is 0 Å².